The fourth-order valence-electron chi connectivity index (χ4n) is 3.12. The first-order chi connectivity index (χ1) is 10.8. The summed E-state index contributed by atoms with van der Waals surface area (Å²) in [6.45, 7) is 0.582. The summed E-state index contributed by atoms with van der Waals surface area (Å²) < 4.78 is 0. The molecule has 5 heteroatoms. The number of carbonyl (C=O) groups excluding carboxylic acids is 1. The number of aromatic nitrogens is 2. The highest BCUT2D eigenvalue weighted by atomic mass is 16.3. The van der Waals surface area contributed by atoms with Crippen LogP contribution in [-0.2, 0) is 4.79 Å². The maximum Gasteiger partial charge on any atom is 0.227 e. The number of fused-ring (bicyclic) bond motifs is 3. The molecule has 4 rings (SSSR count). The van der Waals surface area contributed by atoms with E-state index in [1.54, 1.807) is 17.3 Å². The summed E-state index contributed by atoms with van der Waals surface area (Å²) in [5.74, 6) is 0.0521. The number of aliphatic hydroxyl groups excluding tert-OH is 1. The Morgan fingerprint density at radius 1 is 1.18 bits per heavy atom. The van der Waals surface area contributed by atoms with E-state index in [2.05, 4.69) is 9.97 Å². The molecule has 0 radical (unpaired) electrons. The van der Waals surface area contributed by atoms with Gasteiger partial charge in [-0.2, -0.15) is 0 Å². The molecule has 0 bridgehead atoms. The highest BCUT2D eigenvalue weighted by Crippen LogP contribution is 2.34. The summed E-state index contributed by atoms with van der Waals surface area (Å²) in [6.07, 6.45) is 3.88. The first kappa shape index (κ1) is 13.2. The predicted octanol–water partition coefficient (Wildman–Crippen LogP) is 2.13. The fraction of sp³-hybridized carbons (Fsp3) is 0.235. The van der Waals surface area contributed by atoms with Crippen molar-refractivity contribution in [1.82, 2.24) is 9.97 Å². The molecule has 0 spiro atoms. The molecule has 1 aromatic carbocycles. The Morgan fingerprint density at radius 3 is 2.73 bits per heavy atom. The van der Waals surface area contributed by atoms with E-state index < -0.39 is 0 Å². The lowest BCUT2D eigenvalue weighted by molar-refractivity contribution is -0.117. The van der Waals surface area contributed by atoms with E-state index in [4.69, 9.17) is 0 Å². The van der Waals surface area contributed by atoms with Crippen LogP contribution in [0, 0.1) is 5.92 Å². The van der Waals surface area contributed by atoms with Gasteiger partial charge in [0.25, 0.3) is 0 Å². The quantitative estimate of drug-likeness (QED) is 0.735. The molecule has 22 heavy (non-hydrogen) atoms. The normalized spacial score (nSPS) is 18.5. The second kappa shape index (κ2) is 5.03. The highest BCUT2D eigenvalue weighted by molar-refractivity contribution is 6.13. The Hall–Kier alpha value is -2.53. The third kappa shape index (κ3) is 1.94. The largest absolute Gasteiger partial charge is 0.396 e. The van der Waals surface area contributed by atoms with E-state index >= 15 is 0 Å². The number of carbonyl (C=O) groups is 1. The molecule has 3 aromatic rings. The van der Waals surface area contributed by atoms with Gasteiger partial charge < -0.3 is 10.0 Å². The van der Waals surface area contributed by atoms with Crippen molar-refractivity contribution in [2.24, 2.45) is 5.92 Å². The van der Waals surface area contributed by atoms with E-state index in [1.807, 2.05) is 30.3 Å². The van der Waals surface area contributed by atoms with E-state index in [1.165, 1.54) is 0 Å². The van der Waals surface area contributed by atoms with Crippen LogP contribution >= 0.6 is 0 Å². The van der Waals surface area contributed by atoms with Crippen LogP contribution < -0.4 is 4.90 Å². The van der Waals surface area contributed by atoms with Gasteiger partial charge in [0.15, 0.2) is 0 Å². The average Bonchev–Trinajstić information content (AvgIpc) is 2.95. The molecule has 1 aliphatic rings. The predicted molar refractivity (Wildman–Crippen MR) is 84.6 cm³/mol. The molecule has 0 saturated carbocycles. The van der Waals surface area contributed by atoms with Gasteiger partial charge in [-0.15, -0.1) is 0 Å². The number of anilines is 1. The molecular weight excluding hydrogens is 278 g/mol. The standard InChI is InChI=1S/C17H15N3O2/c21-10-11-7-15(22)20(9-11)14-8-12-3-1-5-18-16(12)17-13(14)4-2-6-19-17/h1-6,8,11,21H,7,9-10H2. The van der Waals surface area contributed by atoms with Crippen molar-refractivity contribution >= 4 is 33.4 Å². The van der Waals surface area contributed by atoms with Crippen LogP contribution in [0.25, 0.3) is 21.8 Å². The van der Waals surface area contributed by atoms with Crippen LogP contribution in [0.4, 0.5) is 5.69 Å². The lowest BCUT2D eigenvalue weighted by atomic mass is 10.1. The Balaban J connectivity index is 1.98. The molecule has 1 aliphatic heterocycles. The number of hydrogen-bond acceptors (Lipinski definition) is 4. The number of nitrogens with zero attached hydrogens (tertiary/aromatic N) is 3. The number of benzene rings is 1. The molecule has 3 heterocycles. The minimum atomic E-state index is 0.00353. The zero-order valence-corrected chi connectivity index (χ0v) is 11.9. The highest BCUT2D eigenvalue weighted by Gasteiger charge is 2.31. The topological polar surface area (TPSA) is 66.3 Å². The van der Waals surface area contributed by atoms with E-state index in [9.17, 15) is 9.90 Å². The molecular formula is C17H15N3O2. The molecule has 2 aromatic heterocycles. The molecule has 110 valence electrons. The smallest absolute Gasteiger partial charge is 0.227 e. The maximum atomic E-state index is 12.3. The molecule has 1 unspecified atom stereocenters. The third-order valence-electron chi connectivity index (χ3n) is 4.19. The molecule has 1 atom stereocenters. The summed E-state index contributed by atoms with van der Waals surface area (Å²) >= 11 is 0. The molecule has 0 aliphatic carbocycles. The van der Waals surface area contributed by atoms with Gasteiger partial charge in [-0.3, -0.25) is 14.8 Å². The van der Waals surface area contributed by atoms with Gasteiger partial charge >= 0.3 is 0 Å². The van der Waals surface area contributed by atoms with Crippen molar-refractivity contribution in [3.63, 3.8) is 0 Å². The number of hydrogen-bond donors (Lipinski definition) is 1. The third-order valence-corrected chi connectivity index (χ3v) is 4.19. The van der Waals surface area contributed by atoms with Crippen molar-refractivity contribution in [3.05, 3.63) is 42.7 Å². The van der Waals surface area contributed by atoms with Crippen molar-refractivity contribution in [3.8, 4) is 0 Å². The maximum absolute atomic E-state index is 12.3. The Bertz CT molecular complexity index is 878. The Kier molecular flexibility index (Phi) is 3.01. The molecule has 1 fully saturated rings. The van der Waals surface area contributed by atoms with Crippen LogP contribution in [0.5, 0.6) is 0 Å². The lowest BCUT2D eigenvalue weighted by Crippen LogP contribution is -2.25. The first-order valence-electron chi connectivity index (χ1n) is 7.31. The zero-order valence-electron chi connectivity index (χ0n) is 11.9. The van der Waals surface area contributed by atoms with Crippen molar-refractivity contribution in [2.75, 3.05) is 18.1 Å². The van der Waals surface area contributed by atoms with Crippen LogP contribution in [0.15, 0.2) is 42.7 Å². The van der Waals surface area contributed by atoms with Crippen molar-refractivity contribution in [2.45, 2.75) is 6.42 Å². The van der Waals surface area contributed by atoms with Gasteiger partial charge in [-0.1, -0.05) is 6.07 Å². The Labute approximate surface area is 127 Å². The monoisotopic (exact) mass is 293 g/mol. The van der Waals surface area contributed by atoms with Gasteiger partial charge in [0, 0.05) is 48.7 Å². The van der Waals surface area contributed by atoms with Crippen LogP contribution in [0.2, 0.25) is 0 Å². The van der Waals surface area contributed by atoms with Crippen LogP contribution in [-0.4, -0.2) is 34.1 Å². The second-order valence-corrected chi connectivity index (χ2v) is 5.63. The van der Waals surface area contributed by atoms with E-state index in [0.29, 0.717) is 13.0 Å². The molecule has 1 saturated heterocycles. The van der Waals surface area contributed by atoms with E-state index in [0.717, 1.165) is 27.5 Å². The molecule has 1 amide bonds. The van der Waals surface area contributed by atoms with Crippen molar-refractivity contribution in [1.29, 1.82) is 0 Å². The second-order valence-electron chi connectivity index (χ2n) is 5.63. The van der Waals surface area contributed by atoms with Gasteiger partial charge in [0.1, 0.15) is 0 Å². The molecule has 5 nitrogen and oxygen atoms in total. The molecule has 1 N–H and O–H groups in total. The first-order valence-corrected chi connectivity index (χ1v) is 7.31. The average molecular weight is 293 g/mol. The Morgan fingerprint density at radius 2 is 1.95 bits per heavy atom. The number of amides is 1. The zero-order chi connectivity index (χ0) is 15.1. The number of rotatable bonds is 2. The summed E-state index contributed by atoms with van der Waals surface area (Å²) in [7, 11) is 0. The lowest BCUT2D eigenvalue weighted by Gasteiger charge is -2.19. The fourth-order valence-corrected chi connectivity index (χ4v) is 3.12. The van der Waals surface area contributed by atoms with Gasteiger partial charge in [-0.05, 0) is 24.3 Å². The number of pyridine rings is 2. The van der Waals surface area contributed by atoms with Gasteiger partial charge in [-0.25, -0.2) is 0 Å². The van der Waals surface area contributed by atoms with Gasteiger partial charge in [0.05, 0.1) is 16.7 Å². The van der Waals surface area contributed by atoms with Crippen LogP contribution in [0.1, 0.15) is 6.42 Å². The summed E-state index contributed by atoms with van der Waals surface area (Å²) in [5.41, 5.74) is 2.49. The van der Waals surface area contributed by atoms with Crippen LogP contribution in [0.3, 0.4) is 0 Å². The number of aliphatic hydroxyl groups is 1. The summed E-state index contributed by atoms with van der Waals surface area (Å²) in [6, 6.07) is 9.67. The van der Waals surface area contributed by atoms with Crippen molar-refractivity contribution < 1.29 is 9.90 Å². The SMILES string of the molecule is O=C1CC(CO)CN1c1cc2cccnc2c2ncccc12. The summed E-state index contributed by atoms with van der Waals surface area (Å²) in [4.78, 5) is 22.9. The van der Waals surface area contributed by atoms with Gasteiger partial charge in [0.2, 0.25) is 5.91 Å². The van der Waals surface area contributed by atoms with E-state index in [-0.39, 0.29) is 18.4 Å². The summed E-state index contributed by atoms with van der Waals surface area (Å²) in [5, 5.41) is 11.2. The minimum Gasteiger partial charge on any atom is -0.396 e. The minimum absolute atomic E-state index is 0.00353.